The Labute approximate surface area is 185 Å². The molecule has 4 aromatic rings. The highest BCUT2D eigenvalue weighted by Crippen LogP contribution is 2.26. The first-order chi connectivity index (χ1) is 14.6. The van der Waals surface area contributed by atoms with Gasteiger partial charge >= 0.3 is 6.09 Å². The molecule has 9 nitrogen and oxygen atoms in total. The number of rotatable bonds is 7. The van der Waals surface area contributed by atoms with Gasteiger partial charge in [-0.05, 0) is 49.2 Å². The summed E-state index contributed by atoms with van der Waals surface area (Å²) in [4.78, 5) is 24.0. The topological polar surface area (TPSA) is 110 Å². The van der Waals surface area contributed by atoms with Crippen molar-refractivity contribution in [3.63, 3.8) is 0 Å². The number of pyridine rings is 1. The summed E-state index contributed by atoms with van der Waals surface area (Å²) in [5.41, 5.74) is 0.733. The zero-order valence-electron chi connectivity index (χ0n) is 15.5. The summed E-state index contributed by atoms with van der Waals surface area (Å²) < 4.78 is 6.14. The first-order valence-corrected chi connectivity index (χ1v) is 10.7. The van der Waals surface area contributed by atoms with E-state index in [1.165, 1.54) is 16.2 Å². The normalized spacial score (nSPS) is 11.0. The highest BCUT2D eigenvalue weighted by Gasteiger charge is 2.20. The maximum atomic E-state index is 12.9. The summed E-state index contributed by atoms with van der Waals surface area (Å²) in [7, 11) is 0. The number of aromatic nitrogens is 6. The number of H-pyrrole nitrogens is 1. The van der Waals surface area contributed by atoms with Crippen molar-refractivity contribution in [2.24, 2.45) is 0 Å². The van der Waals surface area contributed by atoms with Crippen LogP contribution in [0.3, 0.4) is 0 Å². The van der Waals surface area contributed by atoms with Gasteiger partial charge in [0.15, 0.2) is 5.82 Å². The van der Waals surface area contributed by atoms with Crippen molar-refractivity contribution in [2.45, 2.75) is 23.6 Å². The predicted molar refractivity (Wildman–Crippen MR) is 117 cm³/mol. The molecule has 0 unspecified atom stereocenters. The molecular formula is C18H16ClN7O2S2. The Bertz CT molecular complexity index is 1140. The molecule has 0 radical (unpaired) electrons. The van der Waals surface area contributed by atoms with E-state index in [2.05, 4.69) is 43.2 Å². The Morgan fingerprint density at radius 1 is 1.17 bits per heavy atom. The molecular weight excluding hydrogens is 446 g/mol. The Morgan fingerprint density at radius 3 is 2.77 bits per heavy atom. The maximum Gasteiger partial charge on any atom is 0.420 e. The number of anilines is 1. The summed E-state index contributed by atoms with van der Waals surface area (Å²) in [5, 5.41) is 14.4. The number of fused-ring (bicyclic) bond motifs is 1. The van der Waals surface area contributed by atoms with Gasteiger partial charge < -0.3 is 4.74 Å². The minimum Gasteiger partial charge on any atom is -0.410 e. The molecule has 0 aliphatic heterocycles. The number of hydrogen-bond acceptors (Lipinski definition) is 9. The Balaban J connectivity index is 1.50. The van der Waals surface area contributed by atoms with E-state index in [9.17, 15) is 4.79 Å². The van der Waals surface area contributed by atoms with E-state index in [-0.39, 0.29) is 0 Å². The average molecular weight is 462 g/mol. The largest absolute Gasteiger partial charge is 0.420 e. The minimum atomic E-state index is -0.528. The van der Waals surface area contributed by atoms with Crippen LogP contribution in [0.25, 0.3) is 10.3 Å². The second-order valence-corrected chi connectivity index (χ2v) is 8.39. The lowest BCUT2D eigenvalue weighted by Crippen LogP contribution is -2.35. The quantitative estimate of drug-likeness (QED) is 0.314. The Morgan fingerprint density at radius 2 is 2.00 bits per heavy atom. The van der Waals surface area contributed by atoms with Crippen LogP contribution in [0.5, 0.6) is 5.75 Å². The van der Waals surface area contributed by atoms with Crippen LogP contribution in [-0.2, 0) is 6.42 Å². The summed E-state index contributed by atoms with van der Waals surface area (Å²) in [6, 6.07) is 10.2. The van der Waals surface area contributed by atoms with Crippen molar-refractivity contribution in [3.8, 4) is 5.75 Å². The highest BCUT2D eigenvalue weighted by molar-refractivity contribution is 7.82. The van der Waals surface area contributed by atoms with Crippen LogP contribution < -0.4 is 9.64 Å². The third-order valence-corrected chi connectivity index (χ3v) is 5.56. The van der Waals surface area contributed by atoms with Crippen molar-refractivity contribution in [2.75, 3.05) is 11.4 Å². The number of aryl methyl sites for hydroxylation is 1. The number of thiol groups is 1. The number of hydrogen-bond donors (Lipinski definition) is 2. The van der Waals surface area contributed by atoms with Crippen LogP contribution in [0.4, 0.5) is 10.6 Å². The van der Waals surface area contributed by atoms with Gasteiger partial charge in [0.25, 0.3) is 0 Å². The fourth-order valence-electron chi connectivity index (χ4n) is 2.75. The standard InChI is InChI=1S/C18H16ClN7O2S2/c19-11-4-6-12(7-5-11)28-18(27)26(10-2-1-3-14-22-24-25-23-14)15-9-8-13-16(21-15)30-17(29)20-13/h4-9H,1-3,10H2,(H,20,29)(H,22,23,24,25). The number of carbonyl (C=O) groups excluding carboxylic acids is 1. The molecule has 3 heterocycles. The zero-order chi connectivity index (χ0) is 20.9. The number of ether oxygens (including phenoxy) is 1. The number of carbonyl (C=O) groups is 1. The number of nitrogens with zero attached hydrogens (tertiary/aromatic N) is 6. The third kappa shape index (κ3) is 5.04. The highest BCUT2D eigenvalue weighted by atomic mass is 35.5. The lowest BCUT2D eigenvalue weighted by molar-refractivity contribution is 0.207. The third-order valence-electron chi connectivity index (χ3n) is 4.17. The van der Waals surface area contributed by atoms with Gasteiger partial charge in [-0.25, -0.2) is 14.8 Å². The lowest BCUT2D eigenvalue weighted by Gasteiger charge is -2.21. The first kappa shape index (κ1) is 20.5. The summed E-state index contributed by atoms with van der Waals surface area (Å²) in [6.45, 7) is 0.412. The summed E-state index contributed by atoms with van der Waals surface area (Å²) in [5.74, 6) is 1.52. The number of amides is 1. The SMILES string of the molecule is O=C(Oc1ccc(Cl)cc1)N(CCCCc1nn[nH]n1)c1ccc2nc(S)sc2n1. The number of tetrazole rings is 1. The molecule has 1 amide bonds. The van der Waals surface area contributed by atoms with Crippen LogP contribution in [-0.4, -0.2) is 43.2 Å². The molecule has 154 valence electrons. The molecule has 3 aromatic heterocycles. The van der Waals surface area contributed by atoms with E-state index < -0.39 is 6.09 Å². The fraction of sp³-hybridized carbons (Fsp3) is 0.222. The van der Waals surface area contributed by atoms with E-state index in [1.54, 1.807) is 30.3 Å². The van der Waals surface area contributed by atoms with Crippen LogP contribution >= 0.6 is 35.6 Å². The van der Waals surface area contributed by atoms with E-state index in [0.717, 1.165) is 11.9 Å². The molecule has 1 N–H and O–H groups in total. The molecule has 0 atom stereocenters. The number of benzene rings is 1. The lowest BCUT2D eigenvalue weighted by atomic mass is 10.2. The second-order valence-electron chi connectivity index (χ2n) is 6.25. The maximum absolute atomic E-state index is 12.9. The van der Waals surface area contributed by atoms with Gasteiger partial charge in [0, 0.05) is 18.0 Å². The van der Waals surface area contributed by atoms with Crippen LogP contribution in [0.2, 0.25) is 5.02 Å². The number of nitrogens with one attached hydrogen (secondary N) is 1. The van der Waals surface area contributed by atoms with Crippen LogP contribution in [0.15, 0.2) is 40.7 Å². The first-order valence-electron chi connectivity index (χ1n) is 9.02. The van der Waals surface area contributed by atoms with Crippen molar-refractivity contribution in [3.05, 3.63) is 47.2 Å². The van der Waals surface area contributed by atoms with Gasteiger partial charge in [-0.2, -0.15) is 5.21 Å². The van der Waals surface area contributed by atoms with E-state index >= 15 is 0 Å². The predicted octanol–water partition coefficient (Wildman–Crippen LogP) is 4.17. The number of aromatic amines is 1. The molecule has 0 spiro atoms. The molecule has 1 aromatic carbocycles. The fourth-order valence-corrected chi connectivity index (χ4v) is 3.91. The summed E-state index contributed by atoms with van der Waals surface area (Å²) in [6.07, 6.45) is 1.60. The van der Waals surface area contributed by atoms with Gasteiger partial charge in [0.2, 0.25) is 0 Å². The van der Waals surface area contributed by atoms with Crippen molar-refractivity contribution in [1.29, 1.82) is 0 Å². The van der Waals surface area contributed by atoms with E-state index in [4.69, 9.17) is 16.3 Å². The van der Waals surface area contributed by atoms with Gasteiger partial charge in [0.1, 0.15) is 26.3 Å². The van der Waals surface area contributed by atoms with Crippen LogP contribution in [0.1, 0.15) is 18.7 Å². The van der Waals surface area contributed by atoms with Crippen molar-refractivity contribution >= 4 is 57.8 Å². The molecule has 0 bridgehead atoms. The van der Waals surface area contributed by atoms with Crippen LogP contribution in [0, 0.1) is 0 Å². The van der Waals surface area contributed by atoms with Gasteiger partial charge in [-0.15, -0.1) is 22.8 Å². The van der Waals surface area contributed by atoms with E-state index in [1.807, 2.05) is 6.07 Å². The molecule has 0 saturated heterocycles. The van der Waals surface area contributed by atoms with Crippen molar-refractivity contribution < 1.29 is 9.53 Å². The monoisotopic (exact) mass is 461 g/mol. The second kappa shape index (κ2) is 9.37. The molecule has 0 aliphatic carbocycles. The van der Waals surface area contributed by atoms with E-state index in [0.29, 0.717) is 51.0 Å². The molecule has 0 aliphatic rings. The molecule has 0 fully saturated rings. The molecule has 0 saturated carbocycles. The Hall–Kier alpha value is -2.76. The van der Waals surface area contributed by atoms with Crippen molar-refractivity contribution in [1.82, 2.24) is 30.6 Å². The molecule has 4 rings (SSSR count). The molecule has 12 heteroatoms. The molecule has 30 heavy (non-hydrogen) atoms. The number of halogens is 1. The number of thiazole rings is 1. The average Bonchev–Trinajstić information content (AvgIpc) is 3.37. The summed E-state index contributed by atoms with van der Waals surface area (Å²) >= 11 is 11.5. The smallest absolute Gasteiger partial charge is 0.410 e. The van der Waals surface area contributed by atoms with Gasteiger partial charge in [-0.3, -0.25) is 4.90 Å². The minimum absolute atomic E-state index is 0.401. The number of unbranched alkanes of at least 4 members (excludes halogenated alkanes) is 1. The Kier molecular flexibility index (Phi) is 6.41. The van der Waals surface area contributed by atoms with Gasteiger partial charge in [0.05, 0.1) is 0 Å². The zero-order valence-corrected chi connectivity index (χ0v) is 18.0. The van der Waals surface area contributed by atoms with Gasteiger partial charge in [-0.1, -0.05) is 28.2 Å².